The van der Waals surface area contributed by atoms with Crippen LogP contribution in [0.4, 0.5) is 19.0 Å². The molecule has 1 atom stereocenters. The zero-order valence-corrected chi connectivity index (χ0v) is 30.6. The van der Waals surface area contributed by atoms with Crippen molar-refractivity contribution in [3.8, 4) is 0 Å². The Kier molecular flexibility index (Phi) is 9.55. The van der Waals surface area contributed by atoms with Crippen molar-refractivity contribution in [3.63, 3.8) is 0 Å². The van der Waals surface area contributed by atoms with E-state index in [1.165, 1.54) is 11.6 Å². The van der Waals surface area contributed by atoms with E-state index in [1.54, 1.807) is 28.4 Å². The van der Waals surface area contributed by atoms with E-state index >= 15 is 0 Å². The number of nitrogens with zero attached hydrogens (tertiary/aromatic N) is 7. The molecular formula is C39H42F3N9O4. The summed E-state index contributed by atoms with van der Waals surface area (Å²) in [6, 6.07) is 8.47. The third-order valence-electron chi connectivity index (χ3n) is 11.7. The molecule has 13 nitrogen and oxygen atoms in total. The smallest absolute Gasteiger partial charge is 0.305 e. The lowest BCUT2D eigenvalue weighted by Gasteiger charge is -2.37. The first-order chi connectivity index (χ1) is 26.3. The van der Waals surface area contributed by atoms with Crippen LogP contribution in [0.1, 0.15) is 96.7 Å². The van der Waals surface area contributed by atoms with E-state index in [0.717, 1.165) is 92.3 Å². The number of piperidine rings is 2. The first-order valence-corrected chi connectivity index (χ1v) is 18.8. The molecule has 4 aromatic heterocycles. The van der Waals surface area contributed by atoms with Crippen molar-refractivity contribution in [2.45, 2.75) is 82.5 Å². The first kappa shape index (κ1) is 36.6. The van der Waals surface area contributed by atoms with Gasteiger partial charge in [-0.05, 0) is 112 Å². The molecule has 0 spiro atoms. The molecule has 8 rings (SSSR count). The van der Waals surface area contributed by atoms with Gasteiger partial charge in [-0.2, -0.15) is 18.3 Å². The number of rotatable bonds is 7. The number of alkyl halides is 3. The van der Waals surface area contributed by atoms with Crippen LogP contribution in [0, 0.1) is 12.8 Å². The summed E-state index contributed by atoms with van der Waals surface area (Å²) in [5, 5.41) is 10.4. The molecule has 2 saturated heterocycles. The van der Waals surface area contributed by atoms with Gasteiger partial charge < -0.3 is 10.2 Å². The Morgan fingerprint density at radius 1 is 1.00 bits per heavy atom. The third-order valence-corrected chi connectivity index (χ3v) is 11.7. The number of aryl methyl sites for hydroxylation is 2. The van der Waals surface area contributed by atoms with Crippen molar-refractivity contribution in [3.05, 3.63) is 81.8 Å². The van der Waals surface area contributed by atoms with E-state index in [0.29, 0.717) is 23.8 Å². The van der Waals surface area contributed by atoms with E-state index in [9.17, 15) is 32.3 Å². The molecule has 5 aromatic rings. The Hall–Kier alpha value is -5.38. The predicted octanol–water partition coefficient (Wildman–Crippen LogP) is 5.65. The van der Waals surface area contributed by atoms with Crippen LogP contribution in [0.5, 0.6) is 0 Å². The molecule has 1 saturated carbocycles. The lowest BCUT2D eigenvalue weighted by atomic mass is 9.83. The molecule has 16 heteroatoms. The zero-order valence-electron chi connectivity index (χ0n) is 30.6. The van der Waals surface area contributed by atoms with Gasteiger partial charge in [0.1, 0.15) is 28.8 Å². The Labute approximate surface area is 313 Å². The van der Waals surface area contributed by atoms with Crippen LogP contribution in [-0.2, 0) is 22.8 Å². The van der Waals surface area contributed by atoms with E-state index < -0.39 is 29.7 Å². The molecule has 1 unspecified atom stereocenters. The second-order valence-corrected chi connectivity index (χ2v) is 15.2. The van der Waals surface area contributed by atoms with Crippen LogP contribution in [0.15, 0.2) is 53.6 Å². The Morgan fingerprint density at radius 2 is 1.76 bits per heavy atom. The standard InChI is InChI=1S/C39H42F3N9O4/c1-22-27(10-11-30-35(22)48(2)38(55)51(30)31-12-13-34(52)46-37(31)54)24-14-16-49(17-15-24)20-23-6-8-26(9-7-23)50-21-25-18-33(43-19-29(25)47-50)45-36(53)28-4-3-5-32(44-28)39(40,41)42/h3-5,10-11,18-19,21,23-24,26,31H,6-9,12-17,20H2,1-2H3,(H,45,53)(H,46,52,54). The molecule has 55 heavy (non-hydrogen) atoms. The quantitative estimate of drug-likeness (QED) is 0.203. The fourth-order valence-corrected chi connectivity index (χ4v) is 8.84. The maximum atomic E-state index is 13.4. The topological polar surface area (TPSA) is 149 Å². The number of carbonyl (C=O) groups excluding carboxylic acids is 3. The van der Waals surface area contributed by atoms with Crippen LogP contribution in [-0.4, -0.2) is 71.1 Å². The van der Waals surface area contributed by atoms with Gasteiger partial charge in [-0.15, -0.1) is 0 Å². The van der Waals surface area contributed by atoms with Gasteiger partial charge in [0.25, 0.3) is 5.91 Å². The van der Waals surface area contributed by atoms with Crippen LogP contribution >= 0.6 is 0 Å². The average Bonchev–Trinajstić information content (AvgIpc) is 3.70. The molecule has 0 radical (unpaired) electrons. The van der Waals surface area contributed by atoms with E-state index in [-0.39, 0.29) is 35.6 Å². The molecule has 3 fully saturated rings. The number of anilines is 1. The van der Waals surface area contributed by atoms with Gasteiger partial charge >= 0.3 is 11.9 Å². The first-order valence-electron chi connectivity index (χ1n) is 18.8. The van der Waals surface area contributed by atoms with Gasteiger partial charge in [-0.1, -0.05) is 12.1 Å². The summed E-state index contributed by atoms with van der Waals surface area (Å²) in [7, 11) is 1.75. The number of hydrogen-bond donors (Lipinski definition) is 2. The monoisotopic (exact) mass is 757 g/mol. The van der Waals surface area contributed by atoms with E-state index in [1.807, 2.05) is 16.9 Å². The van der Waals surface area contributed by atoms with Crippen LogP contribution < -0.4 is 16.3 Å². The largest absolute Gasteiger partial charge is 0.433 e. The van der Waals surface area contributed by atoms with E-state index in [2.05, 4.69) is 38.5 Å². The van der Waals surface area contributed by atoms with Gasteiger partial charge in [-0.25, -0.2) is 14.8 Å². The number of amides is 3. The van der Waals surface area contributed by atoms with Gasteiger partial charge in [0, 0.05) is 31.6 Å². The minimum Gasteiger partial charge on any atom is -0.305 e. The highest BCUT2D eigenvalue weighted by Gasteiger charge is 2.34. The number of imide groups is 1. The molecular weight excluding hydrogens is 715 g/mol. The maximum absolute atomic E-state index is 13.4. The van der Waals surface area contributed by atoms with Gasteiger partial charge in [-0.3, -0.25) is 33.5 Å². The normalized spacial score (nSPS) is 21.7. The van der Waals surface area contributed by atoms with Gasteiger partial charge in [0.15, 0.2) is 0 Å². The van der Waals surface area contributed by atoms with E-state index in [4.69, 9.17) is 5.10 Å². The number of hydrogen-bond acceptors (Lipinski definition) is 8. The summed E-state index contributed by atoms with van der Waals surface area (Å²) in [5.74, 6) is -0.352. The van der Waals surface area contributed by atoms with Crippen molar-refractivity contribution >= 4 is 45.5 Å². The number of carbonyl (C=O) groups is 3. The maximum Gasteiger partial charge on any atom is 0.433 e. The molecule has 1 aliphatic carbocycles. The molecule has 2 aliphatic heterocycles. The lowest BCUT2D eigenvalue weighted by Crippen LogP contribution is -2.44. The van der Waals surface area contributed by atoms with Gasteiger partial charge in [0.2, 0.25) is 11.8 Å². The van der Waals surface area contributed by atoms with Gasteiger partial charge in [0.05, 0.1) is 23.3 Å². The number of likely N-dealkylation sites (tertiary alicyclic amines) is 1. The third kappa shape index (κ3) is 7.14. The highest BCUT2D eigenvalue weighted by Crippen LogP contribution is 2.37. The molecule has 2 N–H and O–H groups in total. The zero-order chi connectivity index (χ0) is 38.6. The SMILES string of the molecule is Cc1c(C2CCN(CC3CCC(n4cc5cc(NC(=O)c6cccc(C(F)(F)F)n6)ncc5n4)CC3)CC2)ccc2c1n(C)c(=O)n2C1CCC(=O)NC1=O. The second-order valence-electron chi connectivity index (χ2n) is 15.2. The minimum atomic E-state index is -4.65. The minimum absolute atomic E-state index is 0.203. The molecule has 6 heterocycles. The number of imidazole rings is 1. The summed E-state index contributed by atoms with van der Waals surface area (Å²) >= 11 is 0. The predicted molar refractivity (Wildman–Crippen MR) is 197 cm³/mol. The number of halogens is 3. The number of nitrogens with one attached hydrogen (secondary N) is 2. The fraction of sp³-hybridized carbons (Fsp3) is 0.462. The van der Waals surface area contributed by atoms with Crippen LogP contribution in [0.3, 0.4) is 0 Å². The molecule has 3 amide bonds. The number of pyridine rings is 2. The van der Waals surface area contributed by atoms with Crippen LogP contribution in [0.2, 0.25) is 0 Å². The second kappa shape index (κ2) is 14.4. The van der Waals surface area contributed by atoms with Crippen molar-refractivity contribution in [2.75, 3.05) is 25.0 Å². The molecule has 0 bridgehead atoms. The molecule has 288 valence electrons. The molecule has 3 aliphatic rings. The van der Waals surface area contributed by atoms with Crippen LogP contribution in [0.25, 0.3) is 21.9 Å². The fourth-order valence-electron chi connectivity index (χ4n) is 8.84. The highest BCUT2D eigenvalue weighted by atomic mass is 19.4. The Morgan fingerprint density at radius 3 is 2.49 bits per heavy atom. The van der Waals surface area contributed by atoms with Crippen molar-refractivity contribution in [1.82, 2.24) is 39.1 Å². The Bertz CT molecular complexity index is 2370. The molecule has 1 aromatic carbocycles. The Balaban J connectivity index is 0.850. The lowest BCUT2D eigenvalue weighted by molar-refractivity contribution is -0.141. The highest BCUT2D eigenvalue weighted by molar-refractivity contribution is 6.03. The summed E-state index contributed by atoms with van der Waals surface area (Å²) in [4.78, 5) is 60.6. The van der Waals surface area contributed by atoms with Crippen molar-refractivity contribution in [1.29, 1.82) is 0 Å². The van der Waals surface area contributed by atoms with Crippen molar-refractivity contribution in [2.24, 2.45) is 13.0 Å². The summed E-state index contributed by atoms with van der Waals surface area (Å²) in [6.45, 7) is 5.11. The number of fused-ring (bicyclic) bond motifs is 2. The summed E-state index contributed by atoms with van der Waals surface area (Å²) < 4.78 is 44.3. The average molecular weight is 758 g/mol. The number of benzene rings is 1. The van der Waals surface area contributed by atoms with Crippen molar-refractivity contribution < 1.29 is 27.6 Å². The summed E-state index contributed by atoms with van der Waals surface area (Å²) in [5.41, 5.74) is 2.80. The number of aromatic nitrogens is 6. The summed E-state index contributed by atoms with van der Waals surface area (Å²) in [6.07, 6.45) is 5.54.